The normalized spacial score (nSPS) is 12.2. The highest BCUT2D eigenvalue weighted by atomic mass is 16.4. The van der Waals surface area contributed by atoms with E-state index in [1.165, 1.54) is 0 Å². The van der Waals surface area contributed by atoms with Crippen molar-refractivity contribution in [3.05, 3.63) is 5.89 Å². The molecule has 1 atom stereocenters. The molecule has 0 saturated carbocycles. The van der Waals surface area contributed by atoms with Crippen LogP contribution in [-0.2, 0) is 4.79 Å². The van der Waals surface area contributed by atoms with E-state index in [2.05, 4.69) is 20.8 Å². The first-order valence-corrected chi connectivity index (χ1v) is 4.17. The number of rotatable bonds is 4. The summed E-state index contributed by atoms with van der Waals surface area (Å²) in [6.45, 7) is 1.83. The first-order valence-electron chi connectivity index (χ1n) is 4.17. The Morgan fingerprint density at radius 3 is 2.86 bits per heavy atom. The number of carbonyl (C=O) groups is 1. The van der Waals surface area contributed by atoms with Gasteiger partial charge in [-0.2, -0.15) is 0 Å². The molecule has 1 aromatic rings. The second-order valence-corrected chi connectivity index (χ2v) is 2.76. The zero-order valence-electron chi connectivity index (χ0n) is 8.07. The number of carbonyl (C=O) groups excluding carboxylic acids is 1. The molecular weight excluding hydrogens is 186 g/mol. The van der Waals surface area contributed by atoms with Gasteiger partial charge in [0.25, 0.3) is 0 Å². The van der Waals surface area contributed by atoms with E-state index in [1.54, 1.807) is 14.0 Å². The highest BCUT2D eigenvalue weighted by Gasteiger charge is 2.09. The fourth-order valence-corrected chi connectivity index (χ4v) is 0.734. The largest absolute Gasteiger partial charge is 0.406 e. The van der Waals surface area contributed by atoms with Gasteiger partial charge in [0.2, 0.25) is 11.8 Å². The molecule has 1 unspecified atom stereocenters. The minimum atomic E-state index is -0.307. The molecule has 0 bridgehead atoms. The summed E-state index contributed by atoms with van der Waals surface area (Å²) in [5, 5.41) is 12.5. The third-order valence-corrected chi connectivity index (χ3v) is 1.51. The van der Waals surface area contributed by atoms with Crippen LogP contribution in [0.4, 0.5) is 6.01 Å². The molecule has 0 aliphatic rings. The molecule has 7 heteroatoms. The number of likely N-dealkylation sites (N-methyl/N-ethyl adjacent to an activating group) is 1. The summed E-state index contributed by atoms with van der Waals surface area (Å²) in [5.41, 5.74) is 5.51. The third-order valence-electron chi connectivity index (χ3n) is 1.51. The third kappa shape index (κ3) is 2.70. The van der Waals surface area contributed by atoms with Crippen LogP contribution in [0.15, 0.2) is 4.42 Å². The van der Waals surface area contributed by atoms with Gasteiger partial charge in [0, 0.05) is 7.05 Å². The molecule has 1 heterocycles. The summed E-state index contributed by atoms with van der Waals surface area (Å²) in [6.07, 6.45) is 0. The summed E-state index contributed by atoms with van der Waals surface area (Å²) in [6, 6.07) is -0.112. The van der Waals surface area contributed by atoms with Gasteiger partial charge in [-0.15, -0.1) is 5.10 Å². The van der Waals surface area contributed by atoms with Crippen LogP contribution in [0.1, 0.15) is 18.9 Å². The quantitative estimate of drug-likeness (QED) is 0.589. The zero-order chi connectivity index (χ0) is 10.6. The lowest BCUT2D eigenvalue weighted by atomic mass is 10.4. The summed E-state index contributed by atoms with van der Waals surface area (Å²) in [7, 11) is 1.55. The van der Waals surface area contributed by atoms with E-state index in [0.717, 1.165) is 0 Å². The SMILES string of the molecule is CNC(=O)CNc1nnc(C(C)N)o1. The van der Waals surface area contributed by atoms with Gasteiger partial charge >= 0.3 is 6.01 Å². The number of nitrogens with two attached hydrogens (primary N) is 1. The Kier molecular flexibility index (Phi) is 3.41. The number of hydrogen-bond donors (Lipinski definition) is 3. The minimum absolute atomic E-state index is 0.0943. The van der Waals surface area contributed by atoms with Crippen molar-refractivity contribution in [1.29, 1.82) is 0 Å². The number of amides is 1. The Labute approximate surface area is 81.1 Å². The van der Waals surface area contributed by atoms with E-state index in [1.807, 2.05) is 0 Å². The number of anilines is 1. The zero-order valence-corrected chi connectivity index (χ0v) is 8.07. The van der Waals surface area contributed by atoms with Crippen molar-refractivity contribution in [2.24, 2.45) is 5.73 Å². The van der Waals surface area contributed by atoms with Crippen molar-refractivity contribution < 1.29 is 9.21 Å². The van der Waals surface area contributed by atoms with E-state index in [-0.39, 0.29) is 24.5 Å². The van der Waals surface area contributed by atoms with Crippen LogP contribution in [0.25, 0.3) is 0 Å². The average molecular weight is 199 g/mol. The lowest BCUT2D eigenvalue weighted by Crippen LogP contribution is -2.26. The van der Waals surface area contributed by atoms with Crippen molar-refractivity contribution in [2.45, 2.75) is 13.0 Å². The van der Waals surface area contributed by atoms with Gasteiger partial charge in [-0.3, -0.25) is 4.79 Å². The summed E-state index contributed by atoms with van der Waals surface area (Å²) in [4.78, 5) is 10.8. The Bertz CT molecular complexity index is 309. The van der Waals surface area contributed by atoms with Crippen molar-refractivity contribution in [2.75, 3.05) is 18.9 Å². The maximum Gasteiger partial charge on any atom is 0.315 e. The maximum atomic E-state index is 10.8. The monoisotopic (exact) mass is 199 g/mol. The van der Waals surface area contributed by atoms with Crippen LogP contribution < -0.4 is 16.4 Å². The molecule has 0 aliphatic heterocycles. The van der Waals surface area contributed by atoms with Crippen LogP contribution in [0.2, 0.25) is 0 Å². The molecule has 4 N–H and O–H groups in total. The maximum absolute atomic E-state index is 10.8. The molecule has 14 heavy (non-hydrogen) atoms. The van der Waals surface area contributed by atoms with E-state index in [0.29, 0.717) is 5.89 Å². The van der Waals surface area contributed by atoms with Crippen LogP contribution in [0.3, 0.4) is 0 Å². The van der Waals surface area contributed by atoms with Crippen LogP contribution in [0.5, 0.6) is 0 Å². The van der Waals surface area contributed by atoms with Crippen molar-refractivity contribution in [1.82, 2.24) is 15.5 Å². The second-order valence-electron chi connectivity index (χ2n) is 2.76. The topological polar surface area (TPSA) is 106 Å². The highest BCUT2D eigenvalue weighted by molar-refractivity contribution is 5.79. The predicted molar refractivity (Wildman–Crippen MR) is 49.5 cm³/mol. The fourth-order valence-electron chi connectivity index (χ4n) is 0.734. The second kappa shape index (κ2) is 4.56. The lowest BCUT2D eigenvalue weighted by Gasteiger charge is -1.99. The number of nitrogens with one attached hydrogen (secondary N) is 2. The molecular formula is C7H13N5O2. The summed E-state index contributed by atoms with van der Waals surface area (Å²) in [5.74, 6) is 0.176. The molecule has 0 saturated heterocycles. The molecule has 0 aliphatic carbocycles. The Morgan fingerprint density at radius 2 is 2.36 bits per heavy atom. The van der Waals surface area contributed by atoms with E-state index in [4.69, 9.17) is 10.2 Å². The molecule has 1 rings (SSSR count). The van der Waals surface area contributed by atoms with Crippen LogP contribution in [0, 0.1) is 0 Å². The van der Waals surface area contributed by atoms with Crippen molar-refractivity contribution >= 4 is 11.9 Å². The van der Waals surface area contributed by atoms with Crippen molar-refractivity contribution in [3.63, 3.8) is 0 Å². The van der Waals surface area contributed by atoms with Crippen LogP contribution in [-0.4, -0.2) is 29.7 Å². The number of nitrogens with zero attached hydrogens (tertiary/aromatic N) is 2. The number of aromatic nitrogens is 2. The van der Waals surface area contributed by atoms with Gasteiger partial charge < -0.3 is 20.8 Å². The molecule has 0 aromatic carbocycles. The summed E-state index contributed by atoms with van der Waals surface area (Å²) < 4.78 is 5.10. The Balaban J connectivity index is 2.48. The Hall–Kier alpha value is -1.63. The molecule has 0 spiro atoms. The molecule has 7 nitrogen and oxygen atoms in total. The Morgan fingerprint density at radius 1 is 1.64 bits per heavy atom. The van der Waals surface area contributed by atoms with Gasteiger partial charge in [-0.25, -0.2) is 0 Å². The molecule has 0 fully saturated rings. The smallest absolute Gasteiger partial charge is 0.315 e. The fraction of sp³-hybridized carbons (Fsp3) is 0.571. The van der Waals surface area contributed by atoms with E-state index < -0.39 is 0 Å². The minimum Gasteiger partial charge on any atom is -0.406 e. The standard InChI is InChI=1S/C7H13N5O2/c1-4(8)6-11-12-7(14-6)10-3-5(13)9-2/h4H,3,8H2,1-2H3,(H,9,13)(H,10,12). The average Bonchev–Trinajstić information content (AvgIpc) is 2.62. The van der Waals surface area contributed by atoms with E-state index in [9.17, 15) is 4.79 Å². The summed E-state index contributed by atoms with van der Waals surface area (Å²) >= 11 is 0. The molecule has 1 amide bonds. The highest BCUT2D eigenvalue weighted by Crippen LogP contribution is 2.10. The lowest BCUT2D eigenvalue weighted by molar-refractivity contribution is -0.118. The van der Waals surface area contributed by atoms with Gasteiger partial charge in [-0.1, -0.05) is 5.10 Å². The van der Waals surface area contributed by atoms with Gasteiger partial charge in [0.15, 0.2) is 0 Å². The molecule has 1 aromatic heterocycles. The number of hydrogen-bond acceptors (Lipinski definition) is 6. The van der Waals surface area contributed by atoms with E-state index >= 15 is 0 Å². The molecule has 0 radical (unpaired) electrons. The molecule has 78 valence electrons. The first kappa shape index (κ1) is 10.5. The van der Waals surface area contributed by atoms with Gasteiger partial charge in [0.05, 0.1) is 12.6 Å². The van der Waals surface area contributed by atoms with Crippen LogP contribution >= 0.6 is 0 Å². The van der Waals surface area contributed by atoms with Crippen molar-refractivity contribution in [3.8, 4) is 0 Å². The van der Waals surface area contributed by atoms with Gasteiger partial charge in [-0.05, 0) is 6.92 Å². The first-order chi connectivity index (χ1) is 6.63. The predicted octanol–water partition coefficient (Wildman–Crippen LogP) is -0.753. The van der Waals surface area contributed by atoms with Gasteiger partial charge in [0.1, 0.15) is 0 Å².